The van der Waals surface area contributed by atoms with E-state index in [4.69, 9.17) is 7.80 Å². The molecule has 0 saturated carbocycles. The standard InChI is InChI=1S/C27H30F3IN6O4/c1-6-8-11-31-41-26(39)37(21-13-23(40-5)32-14-17(21)4)25-33-15-18(27(28,29)30)24(36-25)35-19-10-9-16(3)12-20(19)34-22(38)7-2/h7,9-10,12-15,31H,2,6,8,11H2,1,3-5H3,(H,34,38)(H,33,35,36). The molecule has 2 heterocycles. The van der Waals surface area contributed by atoms with Crippen molar-refractivity contribution in [2.45, 2.75) is 39.8 Å². The van der Waals surface area contributed by atoms with Gasteiger partial charge in [0.2, 0.25) is 0 Å². The van der Waals surface area contributed by atoms with E-state index < -0.39 is 51.2 Å². The van der Waals surface area contributed by atoms with Gasteiger partial charge in [-0.25, -0.2) is 0 Å². The molecule has 2 N–H and O–H groups in total. The zero-order chi connectivity index (χ0) is 30.2. The van der Waals surface area contributed by atoms with Crippen LogP contribution >= 0.6 is 21.6 Å². The zero-order valence-corrected chi connectivity index (χ0v) is 25.2. The van der Waals surface area contributed by atoms with Gasteiger partial charge >= 0.3 is 240 Å². The van der Waals surface area contributed by atoms with Crippen LogP contribution in [-0.2, 0) is 14.0 Å². The fourth-order valence-corrected chi connectivity index (χ4v) is 5.33. The molecule has 0 aliphatic rings. The number of rotatable bonds is 11. The molecule has 220 valence electrons. The van der Waals surface area contributed by atoms with E-state index in [1.807, 2.05) is 6.92 Å². The number of pyridine rings is 1. The Hall–Kier alpha value is -3.95. The fourth-order valence-electron chi connectivity index (χ4n) is 3.43. The third-order valence-electron chi connectivity index (χ3n) is 5.55. The number of methoxy groups -OCH3 is 1. The Morgan fingerprint density at radius 2 is 1.90 bits per heavy atom. The number of aryl methyl sites for hydroxylation is 2. The van der Waals surface area contributed by atoms with Gasteiger partial charge in [-0.3, -0.25) is 0 Å². The zero-order valence-electron chi connectivity index (χ0n) is 22.8. The summed E-state index contributed by atoms with van der Waals surface area (Å²) in [5.41, 5.74) is 0.626. The number of alkyl halides is 4. The Morgan fingerprint density at radius 1 is 1.15 bits per heavy atom. The van der Waals surface area contributed by atoms with E-state index in [9.17, 15) is 22.8 Å². The number of hydrogen-bond acceptors (Lipinski definition) is 8. The van der Waals surface area contributed by atoms with Gasteiger partial charge in [0.25, 0.3) is 0 Å². The van der Waals surface area contributed by atoms with Crippen molar-refractivity contribution in [1.82, 2.24) is 15.0 Å². The second-order valence-electron chi connectivity index (χ2n) is 8.67. The fraction of sp³-hybridized carbons (Fsp3) is 0.296. The predicted octanol–water partition coefficient (Wildman–Crippen LogP) is 7.08. The van der Waals surface area contributed by atoms with Gasteiger partial charge in [-0.05, 0) is 0 Å². The van der Waals surface area contributed by atoms with Crippen LogP contribution in [0.15, 0.2) is 49.3 Å². The predicted molar refractivity (Wildman–Crippen MR) is 160 cm³/mol. The molecule has 2 aromatic heterocycles. The molecule has 0 aliphatic heterocycles. The van der Waals surface area contributed by atoms with Crippen molar-refractivity contribution in [2.24, 2.45) is 0 Å². The minimum atomic E-state index is -4.84. The van der Waals surface area contributed by atoms with E-state index in [1.165, 1.54) is 25.4 Å². The number of anilines is 5. The first-order valence-electron chi connectivity index (χ1n) is 12.4. The van der Waals surface area contributed by atoms with Crippen LogP contribution in [0.25, 0.3) is 0 Å². The molecule has 1 aromatic carbocycles. The number of nitrogens with zero attached hydrogens (tertiary/aromatic N) is 4. The first-order valence-corrected chi connectivity index (χ1v) is 15.0. The maximum atomic E-state index is 14.1. The van der Waals surface area contributed by atoms with Crippen LogP contribution in [0, 0.1) is 13.8 Å². The molecule has 0 saturated heterocycles. The summed E-state index contributed by atoms with van der Waals surface area (Å²) in [6, 6.07) is 6.17. The number of carbonyl (C=O) groups excluding carboxylic acids is 2. The normalized spacial score (nSPS) is 11.1. The van der Waals surface area contributed by atoms with E-state index in [2.05, 4.69) is 32.2 Å². The molecule has 3 aromatic rings. The SMILES string of the molecule is C=CC(=O)Nc1cc(C)ccc1Nc1nc(N(C(=O)O[IH]CCCC)c2cc(OC)ncc2C)ncc1C(F)(F)F. The van der Waals surface area contributed by atoms with Gasteiger partial charge in [0.05, 0.1) is 0 Å². The van der Waals surface area contributed by atoms with E-state index in [-0.39, 0.29) is 28.9 Å². The van der Waals surface area contributed by atoms with Gasteiger partial charge in [-0.2, -0.15) is 0 Å². The molecule has 3 rings (SSSR count). The van der Waals surface area contributed by atoms with Gasteiger partial charge in [0.15, 0.2) is 0 Å². The number of hydrogen-bond donors (Lipinski definition) is 2. The van der Waals surface area contributed by atoms with E-state index in [0.29, 0.717) is 11.8 Å². The van der Waals surface area contributed by atoms with Crippen LogP contribution in [-0.4, -0.2) is 38.5 Å². The summed E-state index contributed by atoms with van der Waals surface area (Å²) < 4.78 is 53.7. The van der Waals surface area contributed by atoms with Gasteiger partial charge in [-0.15, -0.1) is 0 Å². The van der Waals surface area contributed by atoms with Crippen molar-refractivity contribution in [1.29, 1.82) is 0 Å². The Balaban J connectivity index is 2.15. The number of ether oxygens (including phenoxy) is 1. The van der Waals surface area contributed by atoms with Crippen molar-refractivity contribution in [3.63, 3.8) is 0 Å². The van der Waals surface area contributed by atoms with E-state index in [1.54, 1.807) is 26.0 Å². The summed E-state index contributed by atoms with van der Waals surface area (Å²) in [7, 11) is 1.39. The summed E-state index contributed by atoms with van der Waals surface area (Å²) in [6.45, 7) is 8.85. The summed E-state index contributed by atoms with van der Waals surface area (Å²) in [5.74, 6) is -1.40. The molecule has 0 fully saturated rings. The third-order valence-corrected chi connectivity index (χ3v) is 7.59. The second kappa shape index (κ2) is 14.1. The average Bonchev–Trinajstić information content (AvgIpc) is 2.93. The number of aromatic nitrogens is 3. The minimum absolute atomic E-state index is 0.128. The maximum absolute atomic E-state index is 14.1. The average molecular weight is 686 g/mol. The van der Waals surface area contributed by atoms with Crippen molar-refractivity contribution in [2.75, 3.05) is 27.1 Å². The molecule has 10 nitrogen and oxygen atoms in total. The topological polar surface area (TPSA) is 119 Å². The summed E-state index contributed by atoms with van der Waals surface area (Å²) >= 11 is -1.19. The molecule has 0 unspecified atom stereocenters. The van der Waals surface area contributed by atoms with Gasteiger partial charge < -0.3 is 0 Å². The quantitative estimate of drug-likeness (QED) is 0.0952. The molecule has 0 spiro atoms. The monoisotopic (exact) mass is 686 g/mol. The summed E-state index contributed by atoms with van der Waals surface area (Å²) in [5, 5.41) is 5.23. The van der Waals surface area contributed by atoms with Crippen molar-refractivity contribution in [3.05, 3.63) is 66.0 Å². The van der Waals surface area contributed by atoms with Crippen LogP contribution < -0.4 is 20.3 Å². The molecule has 0 aliphatic carbocycles. The Morgan fingerprint density at radius 3 is 2.56 bits per heavy atom. The molecule has 0 radical (unpaired) electrons. The van der Waals surface area contributed by atoms with Crippen LogP contribution in [0.5, 0.6) is 5.88 Å². The third kappa shape index (κ3) is 8.28. The van der Waals surface area contributed by atoms with Crippen LogP contribution in [0.4, 0.5) is 46.8 Å². The molecule has 0 atom stereocenters. The molecular weight excluding hydrogens is 656 g/mol. The van der Waals surface area contributed by atoms with Crippen LogP contribution in [0.2, 0.25) is 0 Å². The Bertz CT molecular complexity index is 1420. The van der Waals surface area contributed by atoms with Gasteiger partial charge in [0, 0.05) is 0 Å². The van der Waals surface area contributed by atoms with Crippen LogP contribution in [0.1, 0.15) is 36.5 Å². The van der Waals surface area contributed by atoms with Gasteiger partial charge in [0.1, 0.15) is 0 Å². The van der Waals surface area contributed by atoms with Crippen LogP contribution in [0.3, 0.4) is 0 Å². The first-order chi connectivity index (χ1) is 19.5. The Kier molecular flexibility index (Phi) is 10.9. The van der Waals surface area contributed by atoms with Crippen molar-refractivity contribution >= 4 is 62.4 Å². The summed E-state index contributed by atoms with van der Waals surface area (Å²) in [6.07, 6.45) is -0.797. The number of carbonyl (C=O) groups is 2. The number of unbranched alkanes of at least 4 members (excludes halogenated alkanes) is 1. The van der Waals surface area contributed by atoms with Crippen molar-refractivity contribution < 1.29 is 30.6 Å². The number of halogens is 4. The number of benzene rings is 1. The second-order valence-corrected chi connectivity index (χ2v) is 11.0. The van der Waals surface area contributed by atoms with Crippen molar-refractivity contribution in [3.8, 4) is 5.88 Å². The first kappa shape index (κ1) is 31.6. The molecule has 0 bridgehead atoms. The number of nitrogens with one attached hydrogen (secondary N) is 2. The Labute approximate surface area is 246 Å². The molecular formula is C27H30F3IN6O4. The molecule has 14 heteroatoms. The molecule has 2 amide bonds. The van der Waals surface area contributed by atoms with E-state index >= 15 is 0 Å². The van der Waals surface area contributed by atoms with E-state index in [0.717, 1.165) is 33.8 Å². The number of amides is 2. The molecule has 41 heavy (non-hydrogen) atoms. The summed E-state index contributed by atoms with van der Waals surface area (Å²) in [4.78, 5) is 38.5. The van der Waals surface area contributed by atoms with Gasteiger partial charge in [-0.1, -0.05) is 6.58 Å².